The Hall–Kier alpha value is -1.90. The van der Waals surface area contributed by atoms with E-state index in [0.717, 1.165) is 23.5 Å². The van der Waals surface area contributed by atoms with E-state index < -0.39 is 5.97 Å². The van der Waals surface area contributed by atoms with Crippen LogP contribution in [0, 0.1) is 0 Å². The van der Waals surface area contributed by atoms with Gasteiger partial charge in [-0.2, -0.15) is 0 Å². The molecule has 3 nitrogen and oxygen atoms in total. The molecule has 0 aliphatic heterocycles. The smallest absolute Gasteiger partial charge is 0.328 e. The summed E-state index contributed by atoms with van der Waals surface area (Å²) in [5.74, 6) is -0.963. The van der Waals surface area contributed by atoms with Crippen LogP contribution in [0.5, 0.6) is 0 Å². The first-order valence-electron chi connectivity index (χ1n) is 5.41. The lowest BCUT2D eigenvalue weighted by molar-refractivity contribution is -0.131. The molecule has 0 heterocycles. The van der Waals surface area contributed by atoms with Crippen LogP contribution in [-0.2, 0) is 15.0 Å². The van der Waals surface area contributed by atoms with Gasteiger partial charge in [0, 0.05) is 12.5 Å². The number of benzene rings is 1. The second-order valence-corrected chi connectivity index (χ2v) is 4.55. The first-order valence-corrected chi connectivity index (χ1v) is 5.41. The van der Waals surface area contributed by atoms with E-state index in [0.29, 0.717) is 6.42 Å². The quantitative estimate of drug-likeness (QED) is 0.627. The van der Waals surface area contributed by atoms with Gasteiger partial charge in [0.25, 0.3) is 0 Å². The Morgan fingerprint density at radius 3 is 2.35 bits per heavy atom. The molecule has 0 aliphatic carbocycles. The average Bonchev–Trinajstić information content (AvgIpc) is 2.27. The van der Waals surface area contributed by atoms with Gasteiger partial charge in [-0.3, -0.25) is 0 Å². The van der Waals surface area contributed by atoms with Gasteiger partial charge in [0.1, 0.15) is 6.29 Å². The summed E-state index contributed by atoms with van der Waals surface area (Å²) >= 11 is 0. The van der Waals surface area contributed by atoms with Gasteiger partial charge in [0.2, 0.25) is 0 Å². The van der Waals surface area contributed by atoms with Crippen molar-refractivity contribution in [2.24, 2.45) is 0 Å². The topological polar surface area (TPSA) is 54.4 Å². The maximum Gasteiger partial charge on any atom is 0.328 e. The SMILES string of the molecule is CC(C)(CC=O)c1ccc(/C=C/C(=O)O)cc1. The van der Waals surface area contributed by atoms with Gasteiger partial charge in [-0.05, 0) is 22.6 Å². The third-order valence-corrected chi connectivity index (χ3v) is 2.70. The van der Waals surface area contributed by atoms with Crippen molar-refractivity contribution >= 4 is 18.3 Å². The van der Waals surface area contributed by atoms with E-state index in [1.165, 1.54) is 0 Å². The molecule has 1 rings (SSSR count). The maximum absolute atomic E-state index is 10.6. The summed E-state index contributed by atoms with van der Waals surface area (Å²) in [4.78, 5) is 20.9. The Bertz CT molecular complexity index is 427. The van der Waals surface area contributed by atoms with Crippen LogP contribution in [0.1, 0.15) is 31.4 Å². The number of carbonyl (C=O) groups is 2. The van der Waals surface area contributed by atoms with Gasteiger partial charge in [0.05, 0.1) is 0 Å². The Kier molecular flexibility index (Phi) is 4.21. The van der Waals surface area contributed by atoms with Crippen LogP contribution in [0.3, 0.4) is 0 Å². The molecule has 1 N–H and O–H groups in total. The summed E-state index contributed by atoms with van der Waals surface area (Å²) < 4.78 is 0. The van der Waals surface area contributed by atoms with Crippen LogP contribution in [0.15, 0.2) is 30.3 Å². The highest BCUT2D eigenvalue weighted by Gasteiger charge is 2.19. The highest BCUT2D eigenvalue weighted by atomic mass is 16.4. The summed E-state index contributed by atoms with van der Waals surface area (Å²) in [5, 5.41) is 8.50. The third-order valence-electron chi connectivity index (χ3n) is 2.70. The van der Waals surface area contributed by atoms with Crippen molar-refractivity contribution in [3.63, 3.8) is 0 Å². The van der Waals surface area contributed by atoms with Crippen molar-refractivity contribution in [3.05, 3.63) is 41.5 Å². The Morgan fingerprint density at radius 1 is 1.29 bits per heavy atom. The minimum Gasteiger partial charge on any atom is -0.478 e. The van der Waals surface area contributed by atoms with Crippen LogP contribution >= 0.6 is 0 Å². The zero-order valence-corrected chi connectivity index (χ0v) is 10.0. The predicted octanol–water partition coefficient (Wildman–Crippen LogP) is 2.65. The van der Waals surface area contributed by atoms with E-state index in [-0.39, 0.29) is 5.41 Å². The first kappa shape index (κ1) is 13.2. The molecule has 0 aliphatic rings. The van der Waals surface area contributed by atoms with Crippen LogP contribution in [0.4, 0.5) is 0 Å². The van der Waals surface area contributed by atoms with E-state index in [1.54, 1.807) is 6.08 Å². The van der Waals surface area contributed by atoms with Crippen LogP contribution in [-0.4, -0.2) is 17.4 Å². The molecule has 0 unspecified atom stereocenters. The fourth-order valence-corrected chi connectivity index (χ4v) is 1.54. The lowest BCUT2D eigenvalue weighted by Crippen LogP contribution is -2.17. The van der Waals surface area contributed by atoms with Crippen LogP contribution in [0.25, 0.3) is 6.08 Å². The first-order chi connectivity index (χ1) is 7.95. The summed E-state index contributed by atoms with van der Waals surface area (Å²) in [6, 6.07) is 7.54. The molecular weight excluding hydrogens is 216 g/mol. The van der Waals surface area contributed by atoms with Crippen molar-refractivity contribution in [3.8, 4) is 0 Å². The Morgan fingerprint density at radius 2 is 1.88 bits per heavy atom. The van der Waals surface area contributed by atoms with Gasteiger partial charge < -0.3 is 9.90 Å². The van der Waals surface area contributed by atoms with Gasteiger partial charge in [0.15, 0.2) is 0 Å². The largest absolute Gasteiger partial charge is 0.478 e. The second-order valence-electron chi connectivity index (χ2n) is 4.55. The molecule has 0 amide bonds. The molecule has 0 aromatic heterocycles. The number of aliphatic carboxylic acids is 1. The molecule has 3 heteroatoms. The summed E-state index contributed by atoms with van der Waals surface area (Å²) in [6.45, 7) is 4.01. The van der Waals surface area contributed by atoms with Crippen LogP contribution < -0.4 is 0 Å². The molecule has 1 aromatic rings. The van der Waals surface area contributed by atoms with E-state index in [9.17, 15) is 9.59 Å². The summed E-state index contributed by atoms with van der Waals surface area (Å²) in [6.07, 6.45) is 4.03. The number of rotatable bonds is 5. The Balaban J connectivity index is 2.88. The van der Waals surface area contributed by atoms with E-state index in [2.05, 4.69) is 0 Å². The van der Waals surface area contributed by atoms with E-state index in [1.807, 2.05) is 38.1 Å². The number of aldehydes is 1. The van der Waals surface area contributed by atoms with Gasteiger partial charge in [-0.1, -0.05) is 38.1 Å². The maximum atomic E-state index is 10.6. The standard InChI is InChI=1S/C14H16O3/c1-14(2,9-10-15)12-6-3-11(4-7-12)5-8-13(16)17/h3-8,10H,9H2,1-2H3,(H,16,17)/b8-5+. The fraction of sp³-hybridized carbons (Fsp3) is 0.286. The highest BCUT2D eigenvalue weighted by molar-refractivity contribution is 5.85. The molecule has 1 aromatic carbocycles. The number of hydrogen-bond donors (Lipinski definition) is 1. The predicted molar refractivity (Wildman–Crippen MR) is 66.8 cm³/mol. The monoisotopic (exact) mass is 232 g/mol. The van der Waals surface area contributed by atoms with Gasteiger partial charge in [-0.15, -0.1) is 0 Å². The van der Waals surface area contributed by atoms with Gasteiger partial charge in [-0.25, -0.2) is 4.79 Å². The lowest BCUT2D eigenvalue weighted by atomic mass is 9.82. The third kappa shape index (κ3) is 3.87. The number of carbonyl (C=O) groups excluding carboxylic acids is 1. The molecule has 0 radical (unpaired) electrons. The molecule has 0 saturated heterocycles. The number of carboxylic acids is 1. The Labute approximate surface area is 101 Å². The molecule has 90 valence electrons. The molecular formula is C14H16O3. The molecule has 0 spiro atoms. The van der Waals surface area contributed by atoms with Crippen molar-refractivity contribution < 1.29 is 14.7 Å². The van der Waals surface area contributed by atoms with Crippen molar-refractivity contribution in [1.29, 1.82) is 0 Å². The van der Waals surface area contributed by atoms with Crippen molar-refractivity contribution in [2.45, 2.75) is 25.7 Å². The minimum atomic E-state index is -0.963. The summed E-state index contributed by atoms with van der Waals surface area (Å²) in [5.41, 5.74) is 1.71. The highest BCUT2D eigenvalue weighted by Crippen LogP contribution is 2.26. The molecule has 17 heavy (non-hydrogen) atoms. The lowest BCUT2D eigenvalue weighted by Gasteiger charge is -2.22. The number of carboxylic acid groups (broad SMARTS) is 1. The van der Waals surface area contributed by atoms with Gasteiger partial charge >= 0.3 is 5.97 Å². The zero-order chi connectivity index (χ0) is 12.9. The van der Waals surface area contributed by atoms with E-state index in [4.69, 9.17) is 5.11 Å². The van der Waals surface area contributed by atoms with Crippen LogP contribution in [0.2, 0.25) is 0 Å². The van der Waals surface area contributed by atoms with E-state index >= 15 is 0 Å². The molecule has 0 bridgehead atoms. The minimum absolute atomic E-state index is 0.184. The summed E-state index contributed by atoms with van der Waals surface area (Å²) in [7, 11) is 0. The molecule has 0 fully saturated rings. The normalized spacial score (nSPS) is 11.6. The zero-order valence-electron chi connectivity index (χ0n) is 10.0. The second kappa shape index (κ2) is 5.43. The fourth-order valence-electron chi connectivity index (χ4n) is 1.54. The molecule has 0 saturated carbocycles. The van der Waals surface area contributed by atoms with Crippen molar-refractivity contribution in [2.75, 3.05) is 0 Å². The molecule has 0 atom stereocenters. The average molecular weight is 232 g/mol. The van der Waals surface area contributed by atoms with Crippen molar-refractivity contribution in [1.82, 2.24) is 0 Å². The number of hydrogen-bond acceptors (Lipinski definition) is 2.